The lowest BCUT2D eigenvalue weighted by Crippen LogP contribution is -2.46. The van der Waals surface area contributed by atoms with Gasteiger partial charge in [0.1, 0.15) is 6.10 Å². The van der Waals surface area contributed by atoms with Crippen molar-refractivity contribution in [2.45, 2.75) is 26.0 Å². The second-order valence-electron chi connectivity index (χ2n) is 5.37. The number of rotatable bonds is 6. The van der Waals surface area contributed by atoms with Crippen LogP contribution < -0.4 is 5.32 Å². The highest BCUT2D eigenvalue weighted by molar-refractivity contribution is 5.96. The number of carbonyl (C=O) groups excluding carboxylic acids is 2. The predicted molar refractivity (Wildman–Crippen MR) is 90.5 cm³/mol. The van der Waals surface area contributed by atoms with Crippen LogP contribution >= 0.6 is 0 Å². The lowest BCUT2D eigenvalue weighted by Gasteiger charge is -2.24. The van der Waals surface area contributed by atoms with Gasteiger partial charge in [-0.1, -0.05) is 42.5 Å². The molecule has 0 bridgehead atoms. The number of nitrogens with one attached hydrogen (secondary N) is 1. The van der Waals surface area contributed by atoms with Crippen LogP contribution in [0.1, 0.15) is 34.5 Å². The third kappa shape index (κ3) is 4.20. The Balaban J connectivity index is 2.26. The van der Waals surface area contributed by atoms with Crippen molar-refractivity contribution in [3.8, 4) is 0 Å². The molecule has 24 heavy (non-hydrogen) atoms. The van der Waals surface area contributed by atoms with Gasteiger partial charge in [-0.3, -0.25) is 4.79 Å². The van der Waals surface area contributed by atoms with Gasteiger partial charge in [-0.2, -0.15) is 0 Å². The van der Waals surface area contributed by atoms with E-state index >= 15 is 0 Å². The molecular weight excluding hydrogens is 306 g/mol. The fraction of sp³-hybridized carbons (Fsp3) is 0.263. The lowest BCUT2D eigenvalue weighted by molar-refractivity contribution is -0.148. The first-order chi connectivity index (χ1) is 11.5. The summed E-state index contributed by atoms with van der Waals surface area (Å²) >= 11 is 0. The monoisotopic (exact) mass is 327 g/mol. The highest BCUT2D eigenvalue weighted by atomic mass is 16.5. The average Bonchev–Trinajstić information content (AvgIpc) is 2.60. The first-order valence-electron chi connectivity index (χ1n) is 7.80. The van der Waals surface area contributed by atoms with Gasteiger partial charge < -0.3 is 15.2 Å². The zero-order valence-corrected chi connectivity index (χ0v) is 13.7. The zero-order valence-electron chi connectivity index (χ0n) is 13.7. The molecule has 5 nitrogen and oxygen atoms in total. The molecule has 0 saturated heterocycles. The molecule has 0 saturated carbocycles. The molecule has 0 spiro atoms. The first kappa shape index (κ1) is 17.7. The number of aliphatic hydroxyl groups excluding tert-OH is 1. The van der Waals surface area contributed by atoms with Crippen LogP contribution in [-0.2, 0) is 9.53 Å². The maximum absolute atomic E-state index is 12.4. The molecule has 0 aliphatic carbocycles. The van der Waals surface area contributed by atoms with Crippen LogP contribution in [0, 0.1) is 6.92 Å². The molecule has 0 unspecified atom stereocenters. The number of hydrogen-bond donors (Lipinski definition) is 2. The first-order valence-corrected chi connectivity index (χ1v) is 7.80. The van der Waals surface area contributed by atoms with Crippen molar-refractivity contribution in [2.75, 3.05) is 6.61 Å². The number of aryl methyl sites for hydroxylation is 1. The minimum Gasteiger partial charge on any atom is -0.464 e. The molecule has 0 aromatic heterocycles. The molecule has 126 valence electrons. The number of benzene rings is 2. The highest BCUT2D eigenvalue weighted by Gasteiger charge is 2.32. The number of esters is 1. The van der Waals surface area contributed by atoms with E-state index in [-0.39, 0.29) is 6.61 Å². The largest absolute Gasteiger partial charge is 0.464 e. The molecule has 2 N–H and O–H groups in total. The van der Waals surface area contributed by atoms with Crippen molar-refractivity contribution >= 4 is 11.9 Å². The van der Waals surface area contributed by atoms with Crippen LogP contribution in [0.2, 0.25) is 0 Å². The lowest BCUT2D eigenvalue weighted by atomic mass is 9.97. The third-order valence-electron chi connectivity index (χ3n) is 3.69. The molecule has 0 aliphatic rings. The van der Waals surface area contributed by atoms with E-state index in [2.05, 4.69) is 5.32 Å². The Labute approximate surface area is 141 Å². The SMILES string of the molecule is CCOC(=O)[C@@H](NC(=O)c1ccccc1)[C@@H](O)c1ccccc1C. The molecule has 5 heteroatoms. The van der Waals surface area contributed by atoms with Gasteiger partial charge in [0.15, 0.2) is 6.04 Å². The maximum Gasteiger partial charge on any atom is 0.331 e. The molecule has 2 rings (SSSR count). The van der Waals surface area contributed by atoms with Crippen molar-refractivity contribution in [1.29, 1.82) is 0 Å². The fourth-order valence-electron chi connectivity index (χ4n) is 2.41. The molecule has 2 atom stereocenters. The van der Waals surface area contributed by atoms with Crippen LogP contribution in [0.25, 0.3) is 0 Å². The van der Waals surface area contributed by atoms with E-state index in [4.69, 9.17) is 4.74 Å². The quantitative estimate of drug-likeness (QED) is 0.799. The molecule has 1 amide bonds. The van der Waals surface area contributed by atoms with Crippen LogP contribution in [0.4, 0.5) is 0 Å². The number of carbonyl (C=O) groups is 2. The summed E-state index contributed by atoms with van der Waals surface area (Å²) in [6, 6.07) is 14.5. The van der Waals surface area contributed by atoms with Crippen molar-refractivity contribution in [1.82, 2.24) is 5.32 Å². The highest BCUT2D eigenvalue weighted by Crippen LogP contribution is 2.22. The van der Waals surface area contributed by atoms with Gasteiger partial charge in [-0.05, 0) is 37.1 Å². The smallest absolute Gasteiger partial charge is 0.331 e. The summed E-state index contributed by atoms with van der Waals surface area (Å²) in [7, 11) is 0. The molecule has 2 aromatic rings. The van der Waals surface area contributed by atoms with Crippen molar-refractivity contribution in [2.24, 2.45) is 0 Å². The molecule has 0 aliphatic heterocycles. The van der Waals surface area contributed by atoms with E-state index in [9.17, 15) is 14.7 Å². The minimum atomic E-state index is -1.20. The second kappa shape index (κ2) is 8.26. The standard InChI is InChI=1S/C19H21NO4/c1-3-24-19(23)16(17(21)15-12-8-7-9-13(15)2)20-18(22)14-10-5-4-6-11-14/h4-12,16-17,21H,3H2,1-2H3,(H,20,22)/t16-,17-/m0/s1. The van der Waals surface area contributed by atoms with Crippen molar-refractivity contribution in [3.63, 3.8) is 0 Å². The van der Waals surface area contributed by atoms with Crippen LogP contribution in [0.15, 0.2) is 54.6 Å². The summed E-state index contributed by atoms with van der Waals surface area (Å²) < 4.78 is 5.01. The third-order valence-corrected chi connectivity index (χ3v) is 3.69. The maximum atomic E-state index is 12.4. The summed E-state index contributed by atoms with van der Waals surface area (Å²) in [4.78, 5) is 24.6. The Hall–Kier alpha value is -2.66. The van der Waals surface area contributed by atoms with Crippen LogP contribution in [0.3, 0.4) is 0 Å². The van der Waals surface area contributed by atoms with Crippen LogP contribution in [0.5, 0.6) is 0 Å². The number of aliphatic hydroxyl groups is 1. The Morgan fingerprint density at radius 3 is 2.33 bits per heavy atom. The minimum absolute atomic E-state index is 0.164. The Bertz CT molecular complexity index is 700. The fourth-order valence-corrected chi connectivity index (χ4v) is 2.41. The summed E-state index contributed by atoms with van der Waals surface area (Å²) in [6.45, 7) is 3.67. The van der Waals surface area contributed by atoms with Gasteiger partial charge in [-0.15, -0.1) is 0 Å². The van der Waals surface area contributed by atoms with Gasteiger partial charge in [0.05, 0.1) is 6.61 Å². The molecular formula is C19H21NO4. The predicted octanol–water partition coefficient (Wildman–Crippen LogP) is 2.39. The molecule has 2 aromatic carbocycles. The van der Waals surface area contributed by atoms with E-state index in [1.165, 1.54) is 0 Å². The van der Waals surface area contributed by atoms with Crippen LogP contribution in [-0.4, -0.2) is 29.6 Å². The normalized spacial score (nSPS) is 13.0. The second-order valence-corrected chi connectivity index (χ2v) is 5.37. The molecule has 0 radical (unpaired) electrons. The summed E-state index contributed by atoms with van der Waals surface area (Å²) in [5.74, 6) is -1.11. The Kier molecular flexibility index (Phi) is 6.09. The number of ether oxygens (including phenoxy) is 1. The van der Waals surface area contributed by atoms with Crippen molar-refractivity contribution in [3.05, 3.63) is 71.3 Å². The average molecular weight is 327 g/mol. The Morgan fingerprint density at radius 2 is 1.71 bits per heavy atom. The van der Waals surface area contributed by atoms with E-state index in [0.717, 1.165) is 5.56 Å². The summed E-state index contributed by atoms with van der Waals surface area (Å²) in [6.07, 6.45) is -1.20. The van der Waals surface area contributed by atoms with E-state index in [0.29, 0.717) is 11.1 Å². The van der Waals surface area contributed by atoms with Gasteiger partial charge >= 0.3 is 5.97 Å². The molecule has 0 fully saturated rings. The summed E-state index contributed by atoms with van der Waals surface area (Å²) in [5, 5.41) is 13.2. The molecule has 0 heterocycles. The van der Waals surface area contributed by atoms with Gasteiger partial charge in [-0.25, -0.2) is 4.79 Å². The van der Waals surface area contributed by atoms with Gasteiger partial charge in [0, 0.05) is 5.56 Å². The zero-order chi connectivity index (χ0) is 17.5. The number of hydrogen-bond acceptors (Lipinski definition) is 4. The van der Waals surface area contributed by atoms with E-state index in [1.54, 1.807) is 49.4 Å². The Morgan fingerprint density at radius 1 is 1.08 bits per heavy atom. The van der Waals surface area contributed by atoms with Crippen molar-refractivity contribution < 1.29 is 19.4 Å². The number of amides is 1. The van der Waals surface area contributed by atoms with Gasteiger partial charge in [0.2, 0.25) is 0 Å². The van der Waals surface area contributed by atoms with E-state index < -0.39 is 24.0 Å². The van der Waals surface area contributed by atoms with E-state index in [1.807, 2.05) is 19.1 Å². The summed E-state index contributed by atoms with van der Waals surface area (Å²) in [5.41, 5.74) is 1.81. The van der Waals surface area contributed by atoms with Gasteiger partial charge in [0.25, 0.3) is 5.91 Å². The topological polar surface area (TPSA) is 75.6 Å².